The maximum atomic E-state index is 12.9. The van der Waals surface area contributed by atoms with Crippen molar-refractivity contribution in [2.24, 2.45) is 5.73 Å². The summed E-state index contributed by atoms with van der Waals surface area (Å²) < 4.78 is 32.6. The summed E-state index contributed by atoms with van der Waals surface area (Å²) in [6.45, 7) is 0.452. The van der Waals surface area contributed by atoms with Crippen LogP contribution in [0.15, 0.2) is 39.8 Å². The van der Waals surface area contributed by atoms with E-state index < -0.39 is 21.6 Å². The fourth-order valence-electron chi connectivity index (χ4n) is 3.36. The highest BCUT2D eigenvalue weighted by Crippen LogP contribution is 2.40. The highest BCUT2D eigenvalue weighted by atomic mass is 32.2. The van der Waals surface area contributed by atoms with Crippen LogP contribution >= 0.6 is 0 Å². The van der Waals surface area contributed by atoms with E-state index in [9.17, 15) is 8.42 Å². The fourth-order valence-corrected chi connectivity index (χ4v) is 5.03. The number of rotatable bonds is 4. The van der Waals surface area contributed by atoms with Gasteiger partial charge in [0, 0.05) is 6.54 Å². The van der Waals surface area contributed by atoms with E-state index >= 15 is 0 Å². The molecule has 4 rings (SSSR count). The molecule has 0 spiro atoms. The molecule has 1 aliphatic carbocycles. The summed E-state index contributed by atoms with van der Waals surface area (Å²) in [5, 5.41) is 4.01. The monoisotopic (exact) mass is 348 g/mol. The van der Waals surface area contributed by atoms with Gasteiger partial charge in [-0.25, -0.2) is 8.42 Å². The minimum absolute atomic E-state index is 0.283. The van der Waals surface area contributed by atoms with Gasteiger partial charge in [0.05, 0.1) is 10.4 Å². The Morgan fingerprint density at radius 3 is 2.62 bits per heavy atom. The van der Waals surface area contributed by atoms with Gasteiger partial charge in [-0.2, -0.15) is 9.29 Å². The molecule has 24 heavy (non-hydrogen) atoms. The van der Waals surface area contributed by atoms with Gasteiger partial charge >= 0.3 is 0 Å². The van der Waals surface area contributed by atoms with E-state index in [1.807, 2.05) is 0 Å². The topological polar surface area (TPSA) is 102 Å². The molecule has 2 aromatic rings. The number of benzene rings is 1. The van der Waals surface area contributed by atoms with Crippen molar-refractivity contribution in [1.29, 1.82) is 0 Å². The van der Waals surface area contributed by atoms with Gasteiger partial charge in [0.15, 0.2) is 5.82 Å². The van der Waals surface area contributed by atoms with E-state index in [-0.39, 0.29) is 4.90 Å². The Kier molecular flexibility index (Phi) is 3.70. The van der Waals surface area contributed by atoms with Gasteiger partial charge in [0.25, 0.3) is 0 Å². The van der Waals surface area contributed by atoms with E-state index in [1.54, 1.807) is 30.3 Å². The highest BCUT2D eigenvalue weighted by Gasteiger charge is 2.42. The van der Waals surface area contributed by atoms with Crippen LogP contribution in [0.2, 0.25) is 0 Å². The number of sulfonamides is 1. The van der Waals surface area contributed by atoms with Gasteiger partial charge in [0.2, 0.25) is 15.9 Å². The van der Waals surface area contributed by atoms with Gasteiger partial charge in [-0.3, -0.25) is 0 Å². The standard InChI is InChI=1S/C16H20N4O3S/c17-16(9-5-10-16)15-18-14(23-19-15)13-8-4-11-20(13)24(21,22)12-6-2-1-3-7-12/h1-3,6-7,13H,4-5,8-11,17H2. The first-order valence-electron chi connectivity index (χ1n) is 8.21. The molecule has 1 unspecified atom stereocenters. The van der Waals surface area contributed by atoms with Crippen molar-refractivity contribution in [3.05, 3.63) is 42.0 Å². The molecule has 1 saturated heterocycles. The Labute approximate surface area is 140 Å². The normalized spacial score (nSPS) is 24.0. The molecule has 0 radical (unpaired) electrons. The zero-order chi connectivity index (χ0) is 16.8. The average Bonchev–Trinajstić information content (AvgIpc) is 3.22. The van der Waals surface area contributed by atoms with E-state index in [0.29, 0.717) is 24.7 Å². The SMILES string of the molecule is NC1(c2noc(C3CCCN3S(=O)(=O)c3ccccc3)n2)CCC1. The Morgan fingerprint density at radius 1 is 1.21 bits per heavy atom. The average molecular weight is 348 g/mol. The summed E-state index contributed by atoms with van der Waals surface area (Å²) in [5.41, 5.74) is 5.72. The predicted octanol–water partition coefficient (Wildman–Crippen LogP) is 1.93. The lowest BCUT2D eigenvalue weighted by molar-refractivity contribution is 0.227. The number of hydrogen-bond donors (Lipinski definition) is 1. The quantitative estimate of drug-likeness (QED) is 0.906. The second-order valence-electron chi connectivity index (χ2n) is 6.55. The molecule has 8 heteroatoms. The minimum Gasteiger partial charge on any atom is -0.337 e. The highest BCUT2D eigenvalue weighted by molar-refractivity contribution is 7.89. The summed E-state index contributed by atoms with van der Waals surface area (Å²) >= 11 is 0. The Hall–Kier alpha value is -1.77. The number of hydrogen-bond acceptors (Lipinski definition) is 6. The minimum atomic E-state index is -3.58. The maximum Gasteiger partial charge on any atom is 0.245 e. The Balaban J connectivity index is 1.64. The lowest BCUT2D eigenvalue weighted by Gasteiger charge is -2.34. The third kappa shape index (κ3) is 2.45. The molecule has 2 heterocycles. The molecule has 2 fully saturated rings. The smallest absolute Gasteiger partial charge is 0.245 e. The van der Waals surface area contributed by atoms with Crippen LogP contribution in [-0.2, 0) is 15.6 Å². The van der Waals surface area contributed by atoms with Crippen LogP contribution in [0.3, 0.4) is 0 Å². The lowest BCUT2D eigenvalue weighted by atomic mass is 9.77. The molecule has 2 N–H and O–H groups in total. The van der Waals surface area contributed by atoms with Crippen molar-refractivity contribution in [3.63, 3.8) is 0 Å². The number of nitrogens with two attached hydrogens (primary N) is 1. The predicted molar refractivity (Wildman–Crippen MR) is 86.3 cm³/mol. The maximum absolute atomic E-state index is 12.9. The van der Waals surface area contributed by atoms with Crippen LogP contribution in [0.25, 0.3) is 0 Å². The summed E-state index contributed by atoms with van der Waals surface area (Å²) in [6, 6.07) is 8.03. The zero-order valence-electron chi connectivity index (χ0n) is 13.3. The molecule has 2 aliphatic rings. The van der Waals surface area contributed by atoms with Crippen molar-refractivity contribution in [3.8, 4) is 0 Å². The molecule has 1 aromatic carbocycles. The van der Waals surface area contributed by atoms with Crippen molar-refractivity contribution in [1.82, 2.24) is 14.4 Å². The van der Waals surface area contributed by atoms with Crippen LogP contribution in [0.1, 0.15) is 49.9 Å². The molecular formula is C16H20N4O3S. The number of nitrogens with zero attached hydrogens (tertiary/aromatic N) is 3. The molecule has 1 saturated carbocycles. The molecular weight excluding hydrogens is 328 g/mol. The molecule has 128 valence electrons. The Bertz CT molecular complexity index is 830. The molecule has 0 bridgehead atoms. The van der Waals surface area contributed by atoms with E-state index in [4.69, 9.17) is 10.3 Å². The second kappa shape index (κ2) is 5.65. The third-order valence-corrected chi connectivity index (χ3v) is 6.89. The zero-order valence-corrected chi connectivity index (χ0v) is 14.1. The fraction of sp³-hybridized carbons (Fsp3) is 0.500. The van der Waals surface area contributed by atoms with Crippen LogP contribution in [0, 0.1) is 0 Å². The van der Waals surface area contributed by atoms with E-state index in [2.05, 4.69) is 10.1 Å². The summed E-state index contributed by atoms with van der Waals surface area (Å²) in [4.78, 5) is 4.72. The first kappa shape index (κ1) is 15.7. The van der Waals surface area contributed by atoms with Gasteiger partial charge in [0.1, 0.15) is 6.04 Å². The van der Waals surface area contributed by atoms with Crippen molar-refractivity contribution in [2.75, 3.05) is 6.54 Å². The van der Waals surface area contributed by atoms with Gasteiger partial charge < -0.3 is 10.3 Å². The summed E-state index contributed by atoms with van der Waals surface area (Å²) in [5.74, 6) is 0.839. The lowest BCUT2D eigenvalue weighted by Crippen LogP contribution is -2.44. The Morgan fingerprint density at radius 2 is 1.96 bits per heavy atom. The van der Waals surface area contributed by atoms with Crippen LogP contribution in [0.4, 0.5) is 0 Å². The number of aromatic nitrogens is 2. The first-order chi connectivity index (χ1) is 11.5. The van der Waals surface area contributed by atoms with Crippen molar-refractivity contribution >= 4 is 10.0 Å². The largest absolute Gasteiger partial charge is 0.337 e. The van der Waals surface area contributed by atoms with E-state index in [0.717, 1.165) is 25.7 Å². The first-order valence-corrected chi connectivity index (χ1v) is 9.65. The van der Waals surface area contributed by atoms with Gasteiger partial charge in [-0.05, 0) is 44.2 Å². The summed E-state index contributed by atoms with van der Waals surface area (Å²) in [7, 11) is -3.58. The summed E-state index contributed by atoms with van der Waals surface area (Å²) in [6.07, 6.45) is 4.16. The van der Waals surface area contributed by atoms with Gasteiger partial charge in [-0.15, -0.1) is 0 Å². The van der Waals surface area contributed by atoms with Crippen molar-refractivity contribution < 1.29 is 12.9 Å². The van der Waals surface area contributed by atoms with E-state index in [1.165, 1.54) is 4.31 Å². The molecule has 1 atom stereocenters. The third-order valence-electron chi connectivity index (χ3n) is 4.97. The molecule has 1 aromatic heterocycles. The van der Waals surface area contributed by atoms with Crippen LogP contribution < -0.4 is 5.73 Å². The molecule has 7 nitrogen and oxygen atoms in total. The molecule has 0 amide bonds. The van der Waals surface area contributed by atoms with Crippen LogP contribution in [-0.4, -0.2) is 29.4 Å². The van der Waals surface area contributed by atoms with Crippen LogP contribution in [0.5, 0.6) is 0 Å². The second-order valence-corrected chi connectivity index (χ2v) is 8.44. The van der Waals surface area contributed by atoms with Crippen molar-refractivity contribution in [2.45, 2.75) is 48.6 Å². The molecule has 1 aliphatic heterocycles. The van der Waals surface area contributed by atoms with Gasteiger partial charge in [-0.1, -0.05) is 23.4 Å².